The van der Waals surface area contributed by atoms with Crippen molar-refractivity contribution in [2.75, 3.05) is 36.0 Å². The van der Waals surface area contributed by atoms with Crippen LogP contribution in [0.25, 0.3) is 11.0 Å². The minimum absolute atomic E-state index is 0.630. The second-order valence-corrected chi connectivity index (χ2v) is 6.69. The van der Waals surface area contributed by atoms with E-state index in [9.17, 15) is 0 Å². The summed E-state index contributed by atoms with van der Waals surface area (Å²) in [6.07, 6.45) is 3.42. The van der Waals surface area contributed by atoms with Crippen LogP contribution in [-0.2, 0) is 0 Å². The number of fused-ring (bicyclic) bond motifs is 2. The van der Waals surface area contributed by atoms with Crippen LogP contribution in [0.1, 0.15) is 5.69 Å². The van der Waals surface area contributed by atoms with Crippen molar-refractivity contribution in [1.82, 2.24) is 30.4 Å². The summed E-state index contributed by atoms with van der Waals surface area (Å²) in [5.74, 6) is 3.24. The Kier molecular flexibility index (Phi) is 2.91. The standard InChI is InChI=1S/C16H18N8/c1-10-2-3-14(21-20-10)23-5-11-7-24(8-12(11)6-23)16-13-4-19-22-15(13)17-9-18-16/h2-4,9,11-12H,5-8H2,1H3,(H,17,18,19,22). The predicted molar refractivity (Wildman–Crippen MR) is 89.9 cm³/mol. The first-order chi connectivity index (χ1) is 11.8. The third kappa shape index (κ3) is 2.10. The number of aromatic nitrogens is 6. The number of nitrogens with zero attached hydrogens (tertiary/aromatic N) is 7. The molecular weight excluding hydrogens is 304 g/mol. The first-order valence-corrected chi connectivity index (χ1v) is 8.22. The van der Waals surface area contributed by atoms with Gasteiger partial charge < -0.3 is 9.80 Å². The summed E-state index contributed by atoms with van der Waals surface area (Å²) >= 11 is 0. The van der Waals surface area contributed by atoms with Crippen molar-refractivity contribution in [2.45, 2.75) is 6.92 Å². The Labute approximate surface area is 138 Å². The molecule has 0 aliphatic carbocycles. The first kappa shape index (κ1) is 13.6. The van der Waals surface area contributed by atoms with Crippen LogP contribution in [0.2, 0.25) is 0 Å². The Morgan fingerprint density at radius 2 is 1.79 bits per heavy atom. The largest absolute Gasteiger partial charge is 0.355 e. The predicted octanol–water partition coefficient (Wildman–Crippen LogP) is 1.02. The van der Waals surface area contributed by atoms with E-state index in [4.69, 9.17) is 0 Å². The fourth-order valence-corrected chi connectivity index (χ4v) is 3.92. The van der Waals surface area contributed by atoms with Crippen molar-refractivity contribution in [2.24, 2.45) is 11.8 Å². The third-order valence-electron chi connectivity index (χ3n) is 5.12. The Bertz CT molecular complexity index is 859. The van der Waals surface area contributed by atoms with E-state index in [0.29, 0.717) is 11.8 Å². The van der Waals surface area contributed by atoms with E-state index < -0.39 is 0 Å². The number of nitrogens with one attached hydrogen (secondary N) is 1. The van der Waals surface area contributed by atoms with Gasteiger partial charge in [-0.3, -0.25) is 5.10 Å². The molecule has 0 aromatic carbocycles. The molecule has 2 aliphatic heterocycles. The Hall–Kier alpha value is -2.77. The van der Waals surface area contributed by atoms with Crippen LogP contribution >= 0.6 is 0 Å². The zero-order valence-electron chi connectivity index (χ0n) is 13.4. The molecule has 5 rings (SSSR count). The molecular formula is C16H18N8. The minimum atomic E-state index is 0.630. The Balaban J connectivity index is 1.35. The van der Waals surface area contributed by atoms with Crippen LogP contribution in [0.3, 0.4) is 0 Å². The molecule has 2 saturated heterocycles. The van der Waals surface area contributed by atoms with Crippen molar-refractivity contribution in [3.63, 3.8) is 0 Å². The minimum Gasteiger partial charge on any atom is -0.355 e. The van der Waals surface area contributed by atoms with Gasteiger partial charge in [0.2, 0.25) is 0 Å². The third-order valence-corrected chi connectivity index (χ3v) is 5.12. The molecule has 0 bridgehead atoms. The van der Waals surface area contributed by atoms with Crippen LogP contribution in [-0.4, -0.2) is 56.5 Å². The summed E-state index contributed by atoms with van der Waals surface area (Å²) in [6.45, 7) is 6.04. The molecule has 0 amide bonds. The number of aryl methyl sites for hydroxylation is 1. The summed E-state index contributed by atoms with van der Waals surface area (Å²) in [7, 11) is 0. The highest BCUT2D eigenvalue weighted by Crippen LogP contribution is 2.36. The average molecular weight is 322 g/mol. The van der Waals surface area contributed by atoms with Gasteiger partial charge in [0, 0.05) is 38.0 Å². The molecule has 0 saturated carbocycles. The lowest BCUT2D eigenvalue weighted by Gasteiger charge is -2.23. The normalized spacial score (nSPS) is 23.2. The summed E-state index contributed by atoms with van der Waals surface area (Å²) in [5, 5.41) is 16.5. The number of anilines is 2. The second kappa shape index (κ2) is 5.12. The highest BCUT2D eigenvalue weighted by molar-refractivity contribution is 5.86. The molecule has 2 fully saturated rings. The highest BCUT2D eigenvalue weighted by atomic mass is 15.3. The van der Waals surface area contributed by atoms with Gasteiger partial charge in [-0.1, -0.05) is 0 Å². The first-order valence-electron chi connectivity index (χ1n) is 8.22. The van der Waals surface area contributed by atoms with Crippen molar-refractivity contribution in [3.8, 4) is 0 Å². The van der Waals surface area contributed by atoms with Crippen molar-refractivity contribution < 1.29 is 0 Å². The zero-order chi connectivity index (χ0) is 16.1. The molecule has 122 valence electrons. The number of rotatable bonds is 2. The second-order valence-electron chi connectivity index (χ2n) is 6.69. The molecule has 3 aromatic heterocycles. The smallest absolute Gasteiger partial charge is 0.160 e. The highest BCUT2D eigenvalue weighted by Gasteiger charge is 2.41. The summed E-state index contributed by atoms with van der Waals surface area (Å²) < 4.78 is 0. The van der Waals surface area contributed by atoms with E-state index in [0.717, 1.165) is 54.5 Å². The monoisotopic (exact) mass is 322 g/mol. The van der Waals surface area contributed by atoms with Crippen molar-refractivity contribution >= 4 is 22.7 Å². The van der Waals surface area contributed by atoms with Crippen LogP contribution in [0, 0.1) is 18.8 Å². The fraction of sp³-hybridized carbons (Fsp3) is 0.438. The Morgan fingerprint density at radius 3 is 2.54 bits per heavy atom. The maximum atomic E-state index is 4.49. The van der Waals surface area contributed by atoms with Crippen molar-refractivity contribution in [3.05, 3.63) is 30.4 Å². The van der Waals surface area contributed by atoms with E-state index in [2.05, 4.69) is 46.2 Å². The van der Waals surface area contributed by atoms with Gasteiger partial charge in [0.25, 0.3) is 0 Å². The SMILES string of the molecule is Cc1ccc(N2CC3CN(c4ncnc5[nH]ncc45)CC3C2)nn1. The molecule has 2 unspecified atom stereocenters. The molecule has 8 heteroatoms. The number of aromatic amines is 1. The van der Waals surface area contributed by atoms with E-state index in [1.54, 1.807) is 6.33 Å². The summed E-state index contributed by atoms with van der Waals surface area (Å²) in [4.78, 5) is 13.4. The topological polar surface area (TPSA) is 86.7 Å². The van der Waals surface area contributed by atoms with Gasteiger partial charge in [-0.25, -0.2) is 9.97 Å². The molecule has 2 aliphatic rings. The lowest BCUT2D eigenvalue weighted by molar-refractivity contribution is 0.533. The van der Waals surface area contributed by atoms with Crippen LogP contribution < -0.4 is 9.80 Å². The summed E-state index contributed by atoms with van der Waals surface area (Å²) in [6, 6.07) is 4.10. The van der Waals surface area contributed by atoms with Crippen molar-refractivity contribution in [1.29, 1.82) is 0 Å². The zero-order valence-corrected chi connectivity index (χ0v) is 13.4. The van der Waals surface area contributed by atoms with E-state index in [1.807, 2.05) is 19.2 Å². The van der Waals surface area contributed by atoms with Gasteiger partial charge >= 0.3 is 0 Å². The van der Waals surface area contributed by atoms with E-state index in [1.165, 1.54) is 0 Å². The lowest BCUT2D eigenvalue weighted by atomic mass is 10.0. The molecule has 24 heavy (non-hydrogen) atoms. The maximum Gasteiger partial charge on any atom is 0.160 e. The van der Waals surface area contributed by atoms with Gasteiger partial charge in [0.15, 0.2) is 11.5 Å². The average Bonchev–Trinajstić information content (AvgIpc) is 3.29. The van der Waals surface area contributed by atoms with Crippen LogP contribution in [0.15, 0.2) is 24.7 Å². The quantitative estimate of drug-likeness (QED) is 0.754. The molecule has 5 heterocycles. The van der Waals surface area contributed by atoms with Gasteiger partial charge in [-0.05, 0) is 19.1 Å². The van der Waals surface area contributed by atoms with Gasteiger partial charge in [0.05, 0.1) is 17.3 Å². The van der Waals surface area contributed by atoms with Gasteiger partial charge in [-0.2, -0.15) is 10.2 Å². The van der Waals surface area contributed by atoms with Gasteiger partial charge in [0.1, 0.15) is 12.1 Å². The molecule has 3 aromatic rings. The molecule has 0 radical (unpaired) electrons. The van der Waals surface area contributed by atoms with E-state index >= 15 is 0 Å². The van der Waals surface area contributed by atoms with Crippen LogP contribution in [0.4, 0.5) is 11.6 Å². The Morgan fingerprint density at radius 1 is 1.00 bits per heavy atom. The van der Waals surface area contributed by atoms with Crippen LogP contribution in [0.5, 0.6) is 0 Å². The molecule has 8 nitrogen and oxygen atoms in total. The van der Waals surface area contributed by atoms with E-state index in [-0.39, 0.29) is 0 Å². The molecule has 1 N–H and O–H groups in total. The summed E-state index contributed by atoms with van der Waals surface area (Å²) in [5.41, 5.74) is 1.76. The molecule has 0 spiro atoms. The maximum absolute atomic E-state index is 4.49. The lowest BCUT2D eigenvalue weighted by Crippen LogP contribution is -2.29. The van der Waals surface area contributed by atoms with Gasteiger partial charge in [-0.15, -0.1) is 5.10 Å². The molecule has 2 atom stereocenters. The fourth-order valence-electron chi connectivity index (χ4n) is 3.92. The number of hydrogen-bond acceptors (Lipinski definition) is 7. The number of hydrogen-bond donors (Lipinski definition) is 1. The number of H-pyrrole nitrogens is 1.